The normalized spacial score (nSPS) is 16.7. The molecule has 3 N–H and O–H groups in total. The fourth-order valence-corrected chi connectivity index (χ4v) is 3.22. The summed E-state index contributed by atoms with van der Waals surface area (Å²) in [6.07, 6.45) is 6.24. The van der Waals surface area contributed by atoms with Crippen LogP contribution in [0, 0.1) is 0 Å². The number of aromatic nitrogens is 2. The molecular formula is C19H19N5O2. The number of hydrogen-bond acceptors (Lipinski definition) is 6. The van der Waals surface area contributed by atoms with E-state index in [0.29, 0.717) is 24.0 Å². The third-order valence-electron chi connectivity index (χ3n) is 4.71. The number of carbonyl (C=O) groups excluding carboxylic acids is 1. The molecule has 3 aromatic rings. The summed E-state index contributed by atoms with van der Waals surface area (Å²) in [6, 6.07) is 8.23. The van der Waals surface area contributed by atoms with E-state index < -0.39 is 0 Å². The maximum Gasteiger partial charge on any atom is 0.229 e. The summed E-state index contributed by atoms with van der Waals surface area (Å²) in [7, 11) is 0. The van der Waals surface area contributed by atoms with Gasteiger partial charge >= 0.3 is 0 Å². The number of nitrogens with zero attached hydrogens (tertiary/aromatic N) is 2. The standard InChI is InChI=1S/C19H19N5O2/c25-16-3-1-2-11-10-13(6-7-14(11)22-16)21-19-23-15-8-9-26-17(15)18(24-19)20-12-4-5-12/h6-10,12H,1-5H2,(H,22,25)(H2,20,21,23,24). The summed E-state index contributed by atoms with van der Waals surface area (Å²) in [6.45, 7) is 0. The van der Waals surface area contributed by atoms with E-state index >= 15 is 0 Å². The van der Waals surface area contributed by atoms with Crippen molar-refractivity contribution in [2.75, 3.05) is 16.0 Å². The molecule has 0 unspecified atom stereocenters. The summed E-state index contributed by atoms with van der Waals surface area (Å²) < 4.78 is 5.53. The van der Waals surface area contributed by atoms with Crippen molar-refractivity contribution >= 4 is 40.1 Å². The zero-order valence-corrected chi connectivity index (χ0v) is 14.2. The molecule has 1 amide bonds. The van der Waals surface area contributed by atoms with Crippen LogP contribution in [0.15, 0.2) is 34.9 Å². The Balaban J connectivity index is 1.45. The maximum atomic E-state index is 11.7. The van der Waals surface area contributed by atoms with Crippen LogP contribution in [0.1, 0.15) is 31.2 Å². The second kappa shape index (κ2) is 6.01. The highest BCUT2D eigenvalue weighted by Crippen LogP contribution is 2.31. The third-order valence-corrected chi connectivity index (χ3v) is 4.71. The lowest BCUT2D eigenvalue weighted by Gasteiger charge is -2.11. The molecule has 1 fully saturated rings. The van der Waals surface area contributed by atoms with Crippen molar-refractivity contribution in [2.24, 2.45) is 0 Å². The summed E-state index contributed by atoms with van der Waals surface area (Å²) in [5.74, 6) is 1.33. The SMILES string of the molecule is O=C1CCCc2cc(Nc3nc(NC4CC4)c4occc4n3)ccc2N1. The Morgan fingerprint density at radius 2 is 2.08 bits per heavy atom. The fourth-order valence-electron chi connectivity index (χ4n) is 3.22. The lowest BCUT2D eigenvalue weighted by Crippen LogP contribution is -2.09. The van der Waals surface area contributed by atoms with Crippen molar-refractivity contribution in [3.63, 3.8) is 0 Å². The van der Waals surface area contributed by atoms with E-state index in [9.17, 15) is 4.79 Å². The van der Waals surface area contributed by atoms with Crippen LogP contribution in [0.25, 0.3) is 11.1 Å². The number of anilines is 4. The van der Waals surface area contributed by atoms with Crippen LogP contribution >= 0.6 is 0 Å². The molecule has 1 saturated carbocycles. The number of fused-ring (bicyclic) bond motifs is 2. The zero-order valence-electron chi connectivity index (χ0n) is 14.2. The van der Waals surface area contributed by atoms with Crippen molar-refractivity contribution in [1.82, 2.24) is 9.97 Å². The van der Waals surface area contributed by atoms with E-state index in [0.717, 1.165) is 54.0 Å². The molecule has 2 aliphatic rings. The first-order chi connectivity index (χ1) is 12.7. The first kappa shape index (κ1) is 15.2. The van der Waals surface area contributed by atoms with Crippen LogP contribution in [0.2, 0.25) is 0 Å². The number of benzene rings is 1. The predicted octanol–water partition coefficient (Wildman–Crippen LogP) is 3.82. The van der Waals surface area contributed by atoms with Crippen molar-refractivity contribution in [1.29, 1.82) is 0 Å². The van der Waals surface area contributed by atoms with Crippen LogP contribution in [-0.2, 0) is 11.2 Å². The van der Waals surface area contributed by atoms with Gasteiger partial charge in [-0.15, -0.1) is 0 Å². The number of aryl methyl sites for hydroxylation is 1. The van der Waals surface area contributed by atoms with Crippen LogP contribution in [-0.4, -0.2) is 21.9 Å². The van der Waals surface area contributed by atoms with E-state index in [2.05, 4.69) is 32.0 Å². The summed E-state index contributed by atoms with van der Waals surface area (Å²) in [5.41, 5.74) is 4.38. The van der Waals surface area contributed by atoms with Crippen LogP contribution in [0.5, 0.6) is 0 Å². The zero-order chi connectivity index (χ0) is 17.5. The number of hydrogen-bond donors (Lipinski definition) is 3. The number of amides is 1. The highest BCUT2D eigenvalue weighted by Gasteiger charge is 2.24. The summed E-state index contributed by atoms with van der Waals surface area (Å²) in [4.78, 5) is 20.8. The molecule has 5 rings (SSSR count). The van der Waals surface area contributed by atoms with Crippen LogP contribution < -0.4 is 16.0 Å². The predicted molar refractivity (Wildman–Crippen MR) is 99.7 cm³/mol. The van der Waals surface area contributed by atoms with E-state index in [1.807, 2.05) is 18.2 Å². The van der Waals surface area contributed by atoms with Gasteiger partial charge in [0.2, 0.25) is 11.9 Å². The van der Waals surface area contributed by atoms with Gasteiger partial charge in [0.25, 0.3) is 0 Å². The van der Waals surface area contributed by atoms with Gasteiger partial charge < -0.3 is 20.4 Å². The lowest BCUT2D eigenvalue weighted by molar-refractivity contribution is -0.116. The molecule has 0 bridgehead atoms. The number of furan rings is 1. The quantitative estimate of drug-likeness (QED) is 0.663. The van der Waals surface area contributed by atoms with Crippen molar-refractivity contribution in [3.05, 3.63) is 36.1 Å². The third kappa shape index (κ3) is 2.96. The Hall–Kier alpha value is -3.09. The Bertz CT molecular complexity index is 993. The van der Waals surface area contributed by atoms with Gasteiger partial charge in [-0.1, -0.05) is 0 Å². The molecule has 2 aromatic heterocycles. The number of carbonyl (C=O) groups is 1. The molecule has 1 aromatic carbocycles. The molecule has 0 spiro atoms. The minimum atomic E-state index is 0.0778. The Kier molecular flexibility index (Phi) is 3.51. The molecule has 26 heavy (non-hydrogen) atoms. The van der Waals surface area contributed by atoms with E-state index in [-0.39, 0.29) is 5.91 Å². The number of rotatable bonds is 4. The van der Waals surface area contributed by atoms with Gasteiger partial charge in [0, 0.05) is 29.9 Å². The topological polar surface area (TPSA) is 92.1 Å². The molecular weight excluding hydrogens is 330 g/mol. The number of nitrogens with one attached hydrogen (secondary N) is 3. The monoisotopic (exact) mass is 349 g/mol. The minimum Gasteiger partial charge on any atom is -0.459 e. The fraction of sp³-hybridized carbons (Fsp3) is 0.316. The van der Waals surface area contributed by atoms with E-state index in [1.165, 1.54) is 0 Å². The van der Waals surface area contributed by atoms with Gasteiger partial charge in [-0.3, -0.25) is 4.79 Å². The van der Waals surface area contributed by atoms with Gasteiger partial charge in [0.1, 0.15) is 5.52 Å². The highest BCUT2D eigenvalue weighted by molar-refractivity contribution is 5.92. The van der Waals surface area contributed by atoms with E-state index in [1.54, 1.807) is 6.26 Å². The molecule has 7 nitrogen and oxygen atoms in total. The first-order valence-corrected chi connectivity index (χ1v) is 8.96. The highest BCUT2D eigenvalue weighted by atomic mass is 16.3. The Morgan fingerprint density at radius 1 is 1.15 bits per heavy atom. The second-order valence-corrected chi connectivity index (χ2v) is 6.85. The summed E-state index contributed by atoms with van der Waals surface area (Å²) >= 11 is 0. The van der Waals surface area contributed by atoms with Crippen molar-refractivity contribution < 1.29 is 9.21 Å². The largest absolute Gasteiger partial charge is 0.459 e. The minimum absolute atomic E-state index is 0.0778. The van der Waals surface area contributed by atoms with Gasteiger partial charge in [0.05, 0.1) is 6.26 Å². The second-order valence-electron chi connectivity index (χ2n) is 6.85. The van der Waals surface area contributed by atoms with E-state index in [4.69, 9.17) is 4.42 Å². The van der Waals surface area contributed by atoms with Gasteiger partial charge in [-0.25, -0.2) is 4.98 Å². The first-order valence-electron chi connectivity index (χ1n) is 8.96. The molecule has 1 aliphatic heterocycles. The molecule has 1 aliphatic carbocycles. The smallest absolute Gasteiger partial charge is 0.229 e. The Labute approximate surface area is 150 Å². The summed E-state index contributed by atoms with van der Waals surface area (Å²) in [5, 5.41) is 9.64. The average molecular weight is 349 g/mol. The molecule has 0 saturated heterocycles. The Morgan fingerprint density at radius 3 is 2.96 bits per heavy atom. The molecule has 3 heterocycles. The molecule has 132 valence electrons. The molecule has 7 heteroatoms. The van der Waals surface area contributed by atoms with Gasteiger partial charge in [0.15, 0.2) is 11.4 Å². The maximum absolute atomic E-state index is 11.7. The van der Waals surface area contributed by atoms with Crippen LogP contribution in [0.3, 0.4) is 0 Å². The molecule has 0 radical (unpaired) electrons. The van der Waals surface area contributed by atoms with Crippen molar-refractivity contribution in [2.45, 2.75) is 38.1 Å². The molecule has 0 atom stereocenters. The van der Waals surface area contributed by atoms with Crippen LogP contribution in [0.4, 0.5) is 23.1 Å². The van der Waals surface area contributed by atoms with Gasteiger partial charge in [-0.05, 0) is 49.4 Å². The van der Waals surface area contributed by atoms with Crippen molar-refractivity contribution in [3.8, 4) is 0 Å². The van der Waals surface area contributed by atoms with Gasteiger partial charge in [-0.2, -0.15) is 4.98 Å². The average Bonchev–Trinajstić information content (AvgIpc) is 3.34. The lowest BCUT2D eigenvalue weighted by atomic mass is 10.1.